The van der Waals surface area contributed by atoms with Crippen LogP contribution in [0.5, 0.6) is 5.75 Å². The fraction of sp³-hybridized carbons (Fsp3) is 0.500. The number of para-hydroxylation sites is 1. The monoisotopic (exact) mass is 262 g/mol. The lowest BCUT2D eigenvalue weighted by molar-refractivity contribution is 0.0328. The van der Waals surface area contributed by atoms with Gasteiger partial charge in [0.15, 0.2) is 6.23 Å². The van der Waals surface area contributed by atoms with Crippen LogP contribution >= 0.6 is 0 Å². The summed E-state index contributed by atoms with van der Waals surface area (Å²) in [4.78, 5) is 14.0. The van der Waals surface area contributed by atoms with Crippen molar-refractivity contribution in [2.24, 2.45) is 0 Å². The number of urea groups is 1. The molecule has 1 N–H and O–H groups in total. The summed E-state index contributed by atoms with van der Waals surface area (Å²) >= 11 is 0. The lowest BCUT2D eigenvalue weighted by Crippen LogP contribution is -2.41. The number of amides is 2. The summed E-state index contributed by atoms with van der Waals surface area (Å²) in [7, 11) is 1.62. The highest BCUT2D eigenvalue weighted by Crippen LogP contribution is 2.29. The molecule has 2 amide bonds. The molecule has 0 unspecified atom stereocenters. The second-order valence-corrected chi connectivity index (χ2v) is 4.89. The Kier molecular flexibility index (Phi) is 3.29. The van der Waals surface area contributed by atoms with Gasteiger partial charge in [-0.2, -0.15) is 0 Å². The minimum atomic E-state index is -0.436. The van der Waals surface area contributed by atoms with Crippen LogP contribution in [0.2, 0.25) is 0 Å². The minimum absolute atomic E-state index is 0.0455. The third kappa shape index (κ3) is 2.26. The average Bonchev–Trinajstić information content (AvgIpc) is 2.86. The summed E-state index contributed by atoms with van der Waals surface area (Å²) in [5.41, 5.74) is 0.861. The lowest BCUT2D eigenvalue weighted by atomic mass is 10.1. The van der Waals surface area contributed by atoms with Gasteiger partial charge in [0.25, 0.3) is 0 Å². The number of benzene rings is 1. The summed E-state index contributed by atoms with van der Waals surface area (Å²) < 4.78 is 11.2. The Balaban J connectivity index is 1.84. The first kappa shape index (κ1) is 12.3. The van der Waals surface area contributed by atoms with Crippen LogP contribution < -0.4 is 10.1 Å². The van der Waals surface area contributed by atoms with Crippen LogP contribution in [0.3, 0.4) is 0 Å². The number of carbonyl (C=O) groups excluding carboxylic acids is 1. The van der Waals surface area contributed by atoms with Crippen molar-refractivity contribution >= 4 is 6.03 Å². The molecule has 2 saturated heterocycles. The molecule has 5 nitrogen and oxygen atoms in total. The van der Waals surface area contributed by atoms with E-state index < -0.39 is 6.23 Å². The van der Waals surface area contributed by atoms with Crippen LogP contribution in [0.25, 0.3) is 0 Å². The van der Waals surface area contributed by atoms with E-state index >= 15 is 0 Å². The molecule has 0 aliphatic carbocycles. The van der Waals surface area contributed by atoms with Gasteiger partial charge in [-0.25, -0.2) is 4.79 Å². The first-order valence-corrected chi connectivity index (χ1v) is 6.61. The number of rotatable bonds is 2. The molecule has 5 heteroatoms. The fourth-order valence-electron chi connectivity index (χ4n) is 2.77. The van der Waals surface area contributed by atoms with Gasteiger partial charge in [-0.05, 0) is 18.9 Å². The molecule has 0 bridgehead atoms. The number of ether oxygens (including phenoxy) is 2. The largest absolute Gasteiger partial charge is 0.496 e. The Morgan fingerprint density at radius 2 is 2.26 bits per heavy atom. The maximum Gasteiger partial charge on any atom is 0.320 e. The minimum Gasteiger partial charge on any atom is -0.496 e. The molecule has 102 valence electrons. The van der Waals surface area contributed by atoms with Gasteiger partial charge in [0.1, 0.15) is 5.75 Å². The predicted octanol–water partition coefficient (Wildman–Crippen LogP) is 1.90. The van der Waals surface area contributed by atoms with Crippen molar-refractivity contribution in [2.45, 2.75) is 25.1 Å². The standard InChI is InChI=1S/C14H18N2O3/c1-18-12-7-3-2-6-11(12)13-15-14(17)16-8-4-5-10(16)9-19-13/h2-3,6-7,10,13H,4-5,8-9H2,1H3,(H,15,17)/t10-,13+/m0/s1. The van der Waals surface area contributed by atoms with E-state index in [2.05, 4.69) is 5.32 Å². The quantitative estimate of drug-likeness (QED) is 0.885. The Labute approximate surface area is 112 Å². The molecule has 1 aromatic rings. The fourth-order valence-corrected chi connectivity index (χ4v) is 2.77. The smallest absolute Gasteiger partial charge is 0.320 e. The summed E-state index contributed by atoms with van der Waals surface area (Å²) in [6.45, 7) is 1.39. The van der Waals surface area contributed by atoms with Gasteiger partial charge in [0.2, 0.25) is 0 Å². The molecule has 0 saturated carbocycles. The van der Waals surface area contributed by atoms with E-state index in [1.807, 2.05) is 29.2 Å². The van der Waals surface area contributed by atoms with Gasteiger partial charge >= 0.3 is 6.03 Å². The first-order chi connectivity index (χ1) is 9.29. The van der Waals surface area contributed by atoms with Crippen molar-refractivity contribution in [1.29, 1.82) is 0 Å². The number of hydrogen-bond acceptors (Lipinski definition) is 3. The summed E-state index contributed by atoms with van der Waals surface area (Å²) in [6, 6.07) is 7.77. The van der Waals surface area contributed by atoms with Gasteiger partial charge in [0, 0.05) is 12.1 Å². The Hall–Kier alpha value is -1.75. The maximum atomic E-state index is 12.2. The van der Waals surface area contributed by atoms with Crippen molar-refractivity contribution in [3.63, 3.8) is 0 Å². The zero-order chi connectivity index (χ0) is 13.2. The van der Waals surface area contributed by atoms with Crippen LogP contribution in [-0.4, -0.2) is 37.2 Å². The zero-order valence-electron chi connectivity index (χ0n) is 11.0. The summed E-state index contributed by atoms with van der Waals surface area (Å²) in [5, 5.41) is 2.93. The Bertz CT molecular complexity index is 478. The third-order valence-electron chi connectivity index (χ3n) is 3.77. The molecule has 1 aromatic carbocycles. The molecule has 19 heavy (non-hydrogen) atoms. The number of nitrogens with one attached hydrogen (secondary N) is 1. The molecule has 3 rings (SSSR count). The molecule has 2 heterocycles. The van der Waals surface area contributed by atoms with Gasteiger partial charge in [0.05, 0.1) is 19.8 Å². The predicted molar refractivity (Wildman–Crippen MR) is 69.9 cm³/mol. The second-order valence-electron chi connectivity index (χ2n) is 4.89. The van der Waals surface area contributed by atoms with E-state index in [4.69, 9.17) is 9.47 Å². The van der Waals surface area contributed by atoms with Crippen molar-refractivity contribution < 1.29 is 14.3 Å². The number of fused-ring (bicyclic) bond motifs is 1. The van der Waals surface area contributed by atoms with Crippen molar-refractivity contribution in [3.8, 4) is 5.75 Å². The average molecular weight is 262 g/mol. The van der Waals surface area contributed by atoms with E-state index in [9.17, 15) is 4.79 Å². The topological polar surface area (TPSA) is 50.8 Å². The normalized spacial score (nSPS) is 26.6. The van der Waals surface area contributed by atoms with Crippen LogP contribution in [0.1, 0.15) is 24.6 Å². The first-order valence-electron chi connectivity index (χ1n) is 6.61. The van der Waals surface area contributed by atoms with E-state index in [-0.39, 0.29) is 12.1 Å². The SMILES string of the molecule is COc1ccccc1[C@@H]1NC(=O)N2CCC[C@H]2CO1. The second kappa shape index (κ2) is 5.09. The molecule has 0 radical (unpaired) electrons. The molecule has 2 atom stereocenters. The molecule has 2 aliphatic rings. The van der Waals surface area contributed by atoms with E-state index in [0.29, 0.717) is 6.61 Å². The highest BCUT2D eigenvalue weighted by molar-refractivity contribution is 5.75. The van der Waals surface area contributed by atoms with Crippen LogP contribution in [-0.2, 0) is 4.74 Å². The van der Waals surface area contributed by atoms with Gasteiger partial charge < -0.3 is 19.7 Å². The lowest BCUT2D eigenvalue weighted by Gasteiger charge is -2.20. The van der Waals surface area contributed by atoms with Crippen LogP contribution in [0.15, 0.2) is 24.3 Å². The Morgan fingerprint density at radius 3 is 3.11 bits per heavy atom. The number of carbonyl (C=O) groups is 1. The molecule has 2 fully saturated rings. The molecule has 0 spiro atoms. The highest BCUT2D eigenvalue weighted by Gasteiger charge is 2.34. The van der Waals surface area contributed by atoms with E-state index in [1.165, 1.54) is 0 Å². The van der Waals surface area contributed by atoms with Gasteiger partial charge in [-0.1, -0.05) is 18.2 Å². The number of methoxy groups -OCH3 is 1. The van der Waals surface area contributed by atoms with Gasteiger partial charge in [-0.3, -0.25) is 0 Å². The van der Waals surface area contributed by atoms with Crippen LogP contribution in [0, 0.1) is 0 Å². The van der Waals surface area contributed by atoms with E-state index in [0.717, 1.165) is 30.7 Å². The Morgan fingerprint density at radius 1 is 1.42 bits per heavy atom. The summed E-state index contributed by atoms with van der Waals surface area (Å²) in [6.07, 6.45) is 1.64. The highest BCUT2D eigenvalue weighted by atomic mass is 16.5. The maximum absolute atomic E-state index is 12.2. The third-order valence-corrected chi connectivity index (χ3v) is 3.77. The molecular formula is C14H18N2O3. The zero-order valence-corrected chi connectivity index (χ0v) is 11.0. The van der Waals surface area contributed by atoms with Crippen LogP contribution in [0.4, 0.5) is 4.79 Å². The number of nitrogens with zero attached hydrogens (tertiary/aromatic N) is 1. The van der Waals surface area contributed by atoms with Crippen molar-refractivity contribution in [2.75, 3.05) is 20.3 Å². The van der Waals surface area contributed by atoms with E-state index in [1.54, 1.807) is 7.11 Å². The van der Waals surface area contributed by atoms with Crippen molar-refractivity contribution in [3.05, 3.63) is 29.8 Å². The van der Waals surface area contributed by atoms with Gasteiger partial charge in [-0.15, -0.1) is 0 Å². The number of hydrogen-bond donors (Lipinski definition) is 1. The molecule has 2 aliphatic heterocycles. The molecular weight excluding hydrogens is 244 g/mol. The summed E-state index contributed by atoms with van der Waals surface area (Å²) in [5.74, 6) is 0.731. The van der Waals surface area contributed by atoms with Crippen molar-refractivity contribution in [1.82, 2.24) is 10.2 Å². The molecule has 0 aromatic heterocycles.